The van der Waals surface area contributed by atoms with Crippen LogP contribution in [0.2, 0.25) is 0 Å². The van der Waals surface area contributed by atoms with Crippen LogP contribution in [0.25, 0.3) is 0 Å². The Balaban J connectivity index is 2.54. The van der Waals surface area contributed by atoms with Crippen LogP contribution in [0.4, 0.5) is 4.79 Å². The second kappa shape index (κ2) is 7.64. The first-order valence-corrected chi connectivity index (χ1v) is 7.59. The Kier molecular flexibility index (Phi) is 6.45. The highest BCUT2D eigenvalue weighted by Crippen LogP contribution is 2.24. The molecule has 0 saturated carbocycles. The summed E-state index contributed by atoms with van der Waals surface area (Å²) < 4.78 is 5.37. The smallest absolute Gasteiger partial charge is 0.317 e. The predicted molar refractivity (Wildman–Crippen MR) is 80.2 cm³/mol. The lowest BCUT2D eigenvalue weighted by atomic mass is 9.84. The first kappa shape index (κ1) is 17.8. The van der Waals surface area contributed by atoms with E-state index in [-0.39, 0.29) is 24.0 Å². The Morgan fingerprint density at radius 2 is 2.10 bits per heavy atom. The number of hydrogen-bond donors (Lipinski definition) is 2. The van der Waals surface area contributed by atoms with Crippen LogP contribution in [-0.4, -0.2) is 54.4 Å². The zero-order valence-corrected chi connectivity index (χ0v) is 13.5. The summed E-state index contributed by atoms with van der Waals surface area (Å²) in [7, 11) is 0. The van der Waals surface area contributed by atoms with Crippen molar-refractivity contribution in [3.8, 4) is 0 Å². The van der Waals surface area contributed by atoms with Crippen molar-refractivity contribution in [2.75, 3.05) is 26.3 Å². The van der Waals surface area contributed by atoms with Crippen molar-refractivity contribution in [1.29, 1.82) is 0 Å². The number of urea groups is 1. The summed E-state index contributed by atoms with van der Waals surface area (Å²) in [5.74, 6) is -1.42. The first-order chi connectivity index (χ1) is 9.74. The molecule has 1 heterocycles. The number of carbonyl (C=O) groups is 2. The molecule has 6 nitrogen and oxygen atoms in total. The van der Waals surface area contributed by atoms with Gasteiger partial charge < -0.3 is 20.1 Å². The minimum atomic E-state index is -0.862. The van der Waals surface area contributed by atoms with Gasteiger partial charge in [0.2, 0.25) is 0 Å². The van der Waals surface area contributed by atoms with Crippen LogP contribution in [-0.2, 0) is 9.53 Å². The Labute approximate surface area is 126 Å². The van der Waals surface area contributed by atoms with E-state index >= 15 is 0 Å². The van der Waals surface area contributed by atoms with Crippen LogP contribution in [0, 0.1) is 11.3 Å². The van der Waals surface area contributed by atoms with Crippen molar-refractivity contribution in [1.82, 2.24) is 10.2 Å². The molecule has 0 aromatic rings. The molecule has 2 amide bonds. The van der Waals surface area contributed by atoms with Gasteiger partial charge in [0.05, 0.1) is 25.2 Å². The fraction of sp³-hybridized carbons (Fsp3) is 0.867. The summed E-state index contributed by atoms with van der Waals surface area (Å²) in [6, 6.07) is -0.116. The van der Waals surface area contributed by atoms with E-state index in [1.165, 1.54) is 0 Å². The molecular weight excluding hydrogens is 272 g/mol. The summed E-state index contributed by atoms with van der Waals surface area (Å²) in [4.78, 5) is 25.3. The average molecular weight is 300 g/mol. The molecule has 6 heteroatoms. The molecule has 1 aliphatic heterocycles. The Morgan fingerprint density at radius 3 is 2.62 bits per heavy atom. The summed E-state index contributed by atoms with van der Waals surface area (Å²) in [5.41, 5.74) is -0.0846. The number of amides is 2. The van der Waals surface area contributed by atoms with Gasteiger partial charge in [-0.2, -0.15) is 0 Å². The molecule has 0 aliphatic carbocycles. The Hall–Kier alpha value is -1.30. The van der Waals surface area contributed by atoms with E-state index in [1.807, 2.05) is 27.7 Å². The molecule has 122 valence electrons. The topological polar surface area (TPSA) is 78.9 Å². The molecule has 2 N–H and O–H groups in total. The van der Waals surface area contributed by atoms with Gasteiger partial charge in [0, 0.05) is 13.1 Å². The van der Waals surface area contributed by atoms with E-state index in [4.69, 9.17) is 4.74 Å². The van der Waals surface area contributed by atoms with Crippen LogP contribution in [0.15, 0.2) is 0 Å². The fourth-order valence-electron chi connectivity index (χ4n) is 2.56. The fourth-order valence-corrected chi connectivity index (χ4v) is 2.56. The van der Waals surface area contributed by atoms with Gasteiger partial charge in [-0.05, 0) is 18.3 Å². The molecule has 2 unspecified atom stereocenters. The van der Waals surface area contributed by atoms with E-state index < -0.39 is 11.9 Å². The largest absolute Gasteiger partial charge is 0.481 e. The van der Waals surface area contributed by atoms with Crippen molar-refractivity contribution >= 4 is 12.0 Å². The molecule has 1 rings (SSSR count). The maximum atomic E-state index is 12.2. The quantitative estimate of drug-likeness (QED) is 0.813. The highest BCUT2D eigenvalue weighted by molar-refractivity contribution is 5.76. The van der Waals surface area contributed by atoms with E-state index in [1.54, 1.807) is 4.90 Å². The summed E-state index contributed by atoms with van der Waals surface area (Å²) >= 11 is 0. The van der Waals surface area contributed by atoms with Gasteiger partial charge in [0.15, 0.2) is 0 Å². The number of carboxylic acid groups (broad SMARTS) is 1. The monoisotopic (exact) mass is 300 g/mol. The maximum Gasteiger partial charge on any atom is 0.317 e. The number of carbonyl (C=O) groups excluding carboxylic acids is 1. The molecule has 0 bridgehead atoms. The number of carboxylic acids is 1. The van der Waals surface area contributed by atoms with Crippen molar-refractivity contribution in [2.45, 2.75) is 46.6 Å². The number of hydrogen-bond acceptors (Lipinski definition) is 3. The number of aliphatic carboxylic acids is 1. The molecule has 2 atom stereocenters. The van der Waals surface area contributed by atoms with Gasteiger partial charge in [-0.3, -0.25) is 4.79 Å². The van der Waals surface area contributed by atoms with Gasteiger partial charge in [-0.25, -0.2) is 4.79 Å². The molecule has 21 heavy (non-hydrogen) atoms. The number of ether oxygens (including phenoxy) is 1. The molecule has 1 fully saturated rings. The standard InChI is InChI=1S/C15H28N2O4/c1-5-12-10-21-7-6-17(12)14(20)16-9-11(13(18)19)8-15(2,3)4/h11-12H,5-10H2,1-4H3,(H,16,20)(H,18,19). The van der Waals surface area contributed by atoms with Gasteiger partial charge in [0.25, 0.3) is 0 Å². The van der Waals surface area contributed by atoms with E-state index in [2.05, 4.69) is 5.32 Å². The predicted octanol–water partition coefficient (Wildman–Crippen LogP) is 1.94. The van der Waals surface area contributed by atoms with Gasteiger partial charge in [0.1, 0.15) is 0 Å². The van der Waals surface area contributed by atoms with E-state index in [0.717, 1.165) is 6.42 Å². The molecule has 0 aromatic heterocycles. The Bertz CT molecular complexity index is 365. The third-order valence-electron chi connectivity index (χ3n) is 3.67. The molecule has 0 spiro atoms. The zero-order chi connectivity index (χ0) is 16.0. The minimum Gasteiger partial charge on any atom is -0.481 e. The molecule has 1 saturated heterocycles. The lowest BCUT2D eigenvalue weighted by molar-refractivity contribution is -0.142. The van der Waals surface area contributed by atoms with Crippen LogP contribution in [0.3, 0.4) is 0 Å². The third kappa shape index (κ3) is 5.91. The highest BCUT2D eigenvalue weighted by Gasteiger charge is 2.28. The number of nitrogens with zero attached hydrogens (tertiary/aromatic N) is 1. The number of morpholine rings is 1. The van der Waals surface area contributed by atoms with Crippen LogP contribution in [0.5, 0.6) is 0 Å². The van der Waals surface area contributed by atoms with Gasteiger partial charge >= 0.3 is 12.0 Å². The number of rotatable bonds is 5. The van der Waals surface area contributed by atoms with Crippen molar-refractivity contribution < 1.29 is 19.4 Å². The SMILES string of the molecule is CCC1COCCN1C(=O)NCC(CC(C)(C)C)C(=O)O. The van der Waals surface area contributed by atoms with Gasteiger partial charge in [-0.1, -0.05) is 27.7 Å². The lowest BCUT2D eigenvalue weighted by Gasteiger charge is -2.35. The molecule has 0 radical (unpaired) electrons. The summed E-state index contributed by atoms with van der Waals surface area (Å²) in [5, 5.41) is 12.0. The van der Waals surface area contributed by atoms with Crippen LogP contribution < -0.4 is 5.32 Å². The third-order valence-corrected chi connectivity index (χ3v) is 3.67. The van der Waals surface area contributed by atoms with Crippen LogP contribution >= 0.6 is 0 Å². The van der Waals surface area contributed by atoms with E-state index in [9.17, 15) is 14.7 Å². The highest BCUT2D eigenvalue weighted by atomic mass is 16.5. The van der Waals surface area contributed by atoms with Gasteiger partial charge in [-0.15, -0.1) is 0 Å². The lowest BCUT2D eigenvalue weighted by Crippen LogP contribution is -2.53. The normalized spacial score (nSPS) is 21.0. The van der Waals surface area contributed by atoms with Crippen molar-refractivity contribution in [2.24, 2.45) is 11.3 Å². The molecule has 0 aromatic carbocycles. The second-order valence-electron chi connectivity index (χ2n) is 6.82. The minimum absolute atomic E-state index is 0.0737. The maximum absolute atomic E-state index is 12.2. The summed E-state index contributed by atoms with van der Waals surface area (Å²) in [6.45, 7) is 9.82. The molecular formula is C15H28N2O4. The van der Waals surface area contributed by atoms with Crippen molar-refractivity contribution in [3.63, 3.8) is 0 Å². The van der Waals surface area contributed by atoms with Crippen molar-refractivity contribution in [3.05, 3.63) is 0 Å². The Morgan fingerprint density at radius 1 is 1.43 bits per heavy atom. The second-order valence-corrected chi connectivity index (χ2v) is 6.82. The average Bonchev–Trinajstić information content (AvgIpc) is 2.41. The molecule has 1 aliphatic rings. The zero-order valence-electron chi connectivity index (χ0n) is 13.5. The summed E-state index contributed by atoms with van der Waals surface area (Å²) in [6.07, 6.45) is 1.36. The van der Waals surface area contributed by atoms with E-state index in [0.29, 0.717) is 26.2 Å². The first-order valence-electron chi connectivity index (χ1n) is 7.59. The number of nitrogens with one attached hydrogen (secondary N) is 1. The van der Waals surface area contributed by atoms with Crippen LogP contribution in [0.1, 0.15) is 40.5 Å².